The van der Waals surface area contributed by atoms with Crippen LogP contribution in [-0.2, 0) is 4.79 Å². The highest BCUT2D eigenvalue weighted by Gasteiger charge is 2.34. The van der Waals surface area contributed by atoms with Gasteiger partial charge in [0, 0.05) is 40.2 Å². The van der Waals surface area contributed by atoms with Gasteiger partial charge >= 0.3 is 0 Å². The lowest BCUT2D eigenvalue weighted by Gasteiger charge is -2.42. The van der Waals surface area contributed by atoms with E-state index in [9.17, 15) is 9.59 Å². The number of nitrogens with one attached hydrogen (secondary N) is 1. The van der Waals surface area contributed by atoms with Gasteiger partial charge in [-0.05, 0) is 37.8 Å². The van der Waals surface area contributed by atoms with Gasteiger partial charge in [0.25, 0.3) is 11.7 Å². The number of piperidine rings is 2. The highest BCUT2D eigenvalue weighted by atomic mass is 32.1. The van der Waals surface area contributed by atoms with Crippen molar-refractivity contribution in [2.24, 2.45) is 5.92 Å². The zero-order valence-corrected chi connectivity index (χ0v) is 13.8. The Kier molecular flexibility index (Phi) is 3.91. The maximum Gasteiger partial charge on any atom is 0.292 e. The lowest BCUT2D eigenvalue weighted by molar-refractivity contribution is -0.118. The van der Waals surface area contributed by atoms with Gasteiger partial charge in [-0.25, -0.2) is 0 Å². The van der Waals surface area contributed by atoms with Gasteiger partial charge in [-0.15, -0.1) is 11.3 Å². The highest BCUT2D eigenvalue weighted by Crippen LogP contribution is 2.28. The summed E-state index contributed by atoms with van der Waals surface area (Å²) in [5.74, 6) is -0.355. The lowest BCUT2D eigenvalue weighted by atomic mass is 9.85. The van der Waals surface area contributed by atoms with Crippen LogP contribution in [0, 0.1) is 5.92 Å². The number of carbonyl (C=O) groups is 2. The van der Waals surface area contributed by atoms with Gasteiger partial charge < -0.3 is 10.2 Å². The summed E-state index contributed by atoms with van der Waals surface area (Å²) in [5.41, 5.74) is 0.532. The van der Waals surface area contributed by atoms with Gasteiger partial charge in [0.2, 0.25) is 0 Å². The van der Waals surface area contributed by atoms with Crippen molar-refractivity contribution in [2.45, 2.75) is 25.3 Å². The second-order valence-electron chi connectivity index (χ2n) is 6.55. The van der Waals surface area contributed by atoms with Crippen molar-refractivity contribution in [3.8, 4) is 0 Å². The largest absolute Gasteiger partial charge is 0.346 e. The van der Waals surface area contributed by atoms with E-state index in [4.69, 9.17) is 0 Å². The molecule has 1 N–H and O–H groups in total. The smallest absolute Gasteiger partial charge is 0.292 e. The Labute approximate surface area is 139 Å². The molecule has 3 atom stereocenters. The highest BCUT2D eigenvalue weighted by molar-refractivity contribution is 7.17. The summed E-state index contributed by atoms with van der Waals surface area (Å²) in [4.78, 5) is 27.5. The number of fused-ring (bicyclic) bond motifs is 3. The molecule has 2 aliphatic heterocycles. The van der Waals surface area contributed by atoms with E-state index in [0.717, 1.165) is 36.0 Å². The average Bonchev–Trinajstić information content (AvgIpc) is 3.01. The summed E-state index contributed by atoms with van der Waals surface area (Å²) in [6.07, 6.45) is 3.30. The van der Waals surface area contributed by atoms with Crippen LogP contribution in [0.3, 0.4) is 0 Å². The van der Waals surface area contributed by atoms with Crippen molar-refractivity contribution in [1.82, 2.24) is 10.2 Å². The maximum absolute atomic E-state index is 12.6. The SMILES string of the molecule is O=C(NC1CCN2CCCC1C2)C(=O)c1csc2ccccc12. The topological polar surface area (TPSA) is 49.4 Å². The molecule has 0 saturated carbocycles. The van der Waals surface area contributed by atoms with E-state index in [0.29, 0.717) is 11.5 Å². The third kappa shape index (κ3) is 2.79. The second kappa shape index (κ2) is 6.06. The van der Waals surface area contributed by atoms with E-state index in [-0.39, 0.29) is 6.04 Å². The van der Waals surface area contributed by atoms with Crippen LogP contribution in [0.15, 0.2) is 29.6 Å². The monoisotopic (exact) mass is 328 g/mol. The number of amides is 1. The molecular formula is C18H20N2O2S. The Bertz CT molecular complexity index is 754. The Morgan fingerprint density at radius 1 is 1.17 bits per heavy atom. The number of ketones is 1. The van der Waals surface area contributed by atoms with E-state index in [1.165, 1.54) is 24.3 Å². The number of nitrogens with zero attached hydrogens (tertiary/aromatic N) is 1. The number of Topliss-reactive ketones (excluding diaryl/α,β-unsaturated/α-hetero) is 1. The summed E-state index contributed by atoms with van der Waals surface area (Å²) in [6, 6.07) is 7.89. The van der Waals surface area contributed by atoms with Gasteiger partial charge in [0.15, 0.2) is 0 Å². The molecule has 0 radical (unpaired) electrons. The van der Waals surface area contributed by atoms with Crippen LogP contribution in [0.1, 0.15) is 29.6 Å². The minimum Gasteiger partial charge on any atom is -0.346 e. The minimum atomic E-state index is -0.447. The van der Waals surface area contributed by atoms with Gasteiger partial charge in [-0.3, -0.25) is 9.59 Å². The van der Waals surface area contributed by atoms with Crippen molar-refractivity contribution in [1.29, 1.82) is 0 Å². The fourth-order valence-electron chi connectivity index (χ4n) is 3.88. The zero-order chi connectivity index (χ0) is 15.8. The number of hydrogen-bond acceptors (Lipinski definition) is 4. The van der Waals surface area contributed by atoms with Crippen molar-refractivity contribution in [3.05, 3.63) is 35.2 Å². The Balaban J connectivity index is 1.49. The third-order valence-corrected chi connectivity index (χ3v) is 6.08. The molecule has 1 amide bonds. The molecule has 2 saturated heterocycles. The molecule has 2 bridgehead atoms. The van der Waals surface area contributed by atoms with Crippen LogP contribution >= 0.6 is 11.3 Å². The first kappa shape index (κ1) is 14.8. The van der Waals surface area contributed by atoms with E-state index < -0.39 is 11.7 Å². The fourth-order valence-corrected chi connectivity index (χ4v) is 4.82. The number of carbonyl (C=O) groups excluding carboxylic acids is 2. The molecule has 3 unspecified atom stereocenters. The van der Waals surface area contributed by atoms with E-state index in [1.807, 2.05) is 24.3 Å². The van der Waals surface area contributed by atoms with E-state index >= 15 is 0 Å². The van der Waals surface area contributed by atoms with Crippen molar-refractivity contribution >= 4 is 33.1 Å². The number of rotatable bonds is 3. The zero-order valence-electron chi connectivity index (χ0n) is 13.0. The molecule has 23 heavy (non-hydrogen) atoms. The van der Waals surface area contributed by atoms with Crippen LogP contribution in [0.5, 0.6) is 0 Å². The number of thiophene rings is 1. The van der Waals surface area contributed by atoms with Crippen molar-refractivity contribution < 1.29 is 9.59 Å². The van der Waals surface area contributed by atoms with E-state index in [2.05, 4.69) is 10.2 Å². The fraction of sp³-hybridized carbons (Fsp3) is 0.444. The summed E-state index contributed by atoms with van der Waals surface area (Å²) in [7, 11) is 0. The van der Waals surface area contributed by atoms with E-state index in [1.54, 1.807) is 5.38 Å². The molecular weight excluding hydrogens is 308 g/mol. The number of hydrogen-bond donors (Lipinski definition) is 1. The second-order valence-corrected chi connectivity index (χ2v) is 7.46. The molecule has 4 rings (SSSR count). The summed E-state index contributed by atoms with van der Waals surface area (Å²) in [6.45, 7) is 3.26. The van der Waals surface area contributed by atoms with Gasteiger partial charge in [0.05, 0.1) is 0 Å². The first-order chi connectivity index (χ1) is 11.2. The standard InChI is InChI=1S/C18H20N2O2S/c21-17(14-11-23-16-6-2-1-5-13(14)16)18(22)19-15-7-9-20-8-3-4-12(15)10-20/h1-2,5-6,11-12,15H,3-4,7-10H2,(H,19,22). The van der Waals surface area contributed by atoms with Gasteiger partial charge in [-0.1, -0.05) is 18.2 Å². The third-order valence-electron chi connectivity index (χ3n) is 5.12. The molecule has 120 valence electrons. The first-order valence-corrected chi connectivity index (χ1v) is 9.14. The van der Waals surface area contributed by atoms with Crippen LogP contribution in [0.2, 0.25) is 0 Å². The molecule has 3 heterocycles. The Hall–Kier alpha value is -1.72. The van der Waals surface area contributed by atoms with Crippen LogP contribution in [-0.4, -0.2) is 42.3 Å². The Morgan fingerprint density at radius 2 is 2.04 bits per heavy atom. The summed E-state index contributed by atoms with van der Waals surface area (Å²) >= 11 is 1.51. The molecule has 2 aromatic rings. The predicted octanol–water partition coefficient (Wildman–Crippen LogP) is 2.68. The number of benzene rings is 1. The summed E-state index contributed by atoms with van der Waals surface area (Å²) < 4.78 is 1.05. The quantitative estimate of drug-likeness (QED) is 0.696. The lowest BCUT2D eigenvalue weighted by Crippen LogP contribution is -2.54. The molecule has 1 aromatic heterocycles. The molecule has 2 fully saturated rings. The first-order valence-electron chi connectivity index (χ1n) is 8.26. The van der Waals surface area contributed by atoms with Gasteiger partial charge in [0.1, 0.15) is 0 Å². The van der Waals surface area contributed by atoms with Crippen molar-refractivity contribution in [2.75, 3.05) is 19.6 Å². The molecule has 1 aromatic carbocycles. The molecule has 4 nitrogen and oxygen atoms in total. The normalized spacial score (nSPS) is 26.9. The van der Waals surface area contributed by atoms with Crippen molar-refractivity contribution in [3.63, 3.8) is 0 Å². The molecule has 0 spiro atoms. The molecule has 2 aliphatic rings. The Morgan fingerprint density at radius 3 is 2.96 bits per heavy atom. The van der Waals surface area contributed by atoms with Gasteiger partial charge in [-0.2, -0.15) is 0 Å². The maximum atomic E-state index is 12.6. The molecule has 0 aliphatic carbocycles. The average molecular weight is 328 g/mol. The predicted molar refractivity (Wildman–Crippen MR) is 91.9 cm³/mol. The summed E-state index contributed by atoms with van der Waals surface area (Å²) in [5, 5.41) is 5.70. The van der Waals surface area contributed by atoms with Crippen LogP contribution in [0.4, 0.5) is 0 Å². The van der Waals surface area contributed by atoms with Crippen LogP contribution in [0.25, 0.3) is 10.1 Å². The molecule has 5 heteroatoms. The van der Waals surface area contributed by atoms with Crippen LogP contribution < -0.4 is 5.32 Å². The minimum absolute atomic E-state index is 0.146.